The average Bonchev–Trinajstić information content (AvgIpc) is 3.21. The molecule has 4 nitrogen and oxygen atoms in total. The summed E-state index contributed by atoms with van der Waals surface area (Å²) in [4.78, 5) is 0. The molecule has 0 saturated heterocycles. The van der Waals surface area contributed by atoms with Crippen molar-refractivity contribution in [2.24, 2.45) is 0 Å². The van der Waals surface area contributed by atoms with Crippen molar-refractivity contribution in [2.75, 3.05) is 14.2 Å². The van der Waals surface area contributed by atoms with Gasteiger partial charge in [-0.2, -0.15) is 0 Å². The lowest BCUT2D eigenvalue weighted by Crippen LogP contribution is -2.15. The van der Waals surface area contributed by atoms with Gasteiger partial charge in [0.15, 0.2) is 11.5 Å². The smallest absolute Gasteiger partial charge is 0.161 e. The van der Waals surface area contributed by atoms with Crippen LogP contribution in [0.3, 0.4) is 0 Å². The van der Waals surface area contributed by atoms with Crippen LogP contribution in [0.4, 0.5) is 0 Å². The molecule has 1 heterocycles. The molecule has 0 amide bonds. The minimum absolute atomic E-state index is 0.665. The first-order valence-electron chi connectivity index (χ1n) is 6.84. The molecule has 1 aromatic heterocycles. The number of benzene rings is 1. The van der Waals surface area contributed by atoms with E-state index < -0.39 is 0 Å². The lowest BCUT2D eigenvalue weighted by molar-refractivity contribution is 0.355. The molecular weight excluding hydrogens is 254 g/mol. The van der Waals surface area contributed by atoms with Gasteiger partial charge in [0.25, 0.3) is 0 Å². The molecule has 2 aromatic rings. The summed E-state index contributed by atoms with van der Waals surface area (Å²) in [7, 11) is 3.28. The monoisotopic (exact) mass is 273 g/mol. The fraction of sp³-hybridized carbons (Fsp3) is 0.375. The van der Waals surface area contributed by atoms with E-state index >= 15 is 0 Å². The Balaban J connectivity index is 1.86. The number of hydrogen-bond acceptors (Lipinski definition) is 4. The Morgan fingerprint density at radius 1 is 1.15 bits per heavy atom. The van der Waals surface area contributed by atoms with Crippen molar-refractivity contribution in [3.63, 3.8) is 0 Å². The van der Waals surface area contributed by atoms with Gasteiger partial charge < -0.3 is 19.2 Å². The molecular formula is C16H19NO3. The molecule has 0 radical (unpaired) electrons. The first kappa shape index (κ1) is 13.1. The SMILES string of the molecule is COc1ccc(-c2ccoc2CNC2CC2)cc1OC. The van der Waals surface area contributed by atoms with Crippen LogP contribution < -0.4 is 14.8 Å². The zero-order valence-corrected chi connectivity index (χ0v) is 11.8. The van der Waals surface area contributed by atoms with Gasteiger partial charge in [0.1, 0.15) is 5.76 Å². The van der Waals surface area contributed by atoms with Crippen molar-refractivity contribution < 1.29 is 13.9 Å². The number of rotatable bonds is 6. The van der Waals surface area contributed by atoms with Gasteiger partial charge in [-0.3, -0.25) is 0 Å². The molecule has 0 unspecified atom stereocenters. The van der Waals surface area contributed by atoms with Gasteiger partial charge in [0.05, 0.1) is 27.0 Å². The maximum absolute atomic E-state index is 5.59. The lowest BCUT2D eigenvalue weighted by atomic mass is 10.1. The van der Waals surface area contributed by atoms with Crippen LogP contribution in [0.2, 0.25) is 0 Å². The quantitative estimate of drug-likeness (QED) is 0.877. The maximum Gasteiger partial charge on any atom is 0.161 e. The van der Waals surface area contributed by atoms with Crippen molar-refractivity contribution in [3.05, 3.63) is 36.3 Å². The van der Waals surface area contributed by atoms with Crippen LogP contribution in [0.25, 0.3) is 11.1 Å². The Bertz CT molecular complexity index is 587. The summed E-state index contributed by atoms with van der Waals surface area (Å²) in [5, 5.41) is 3.47. The van der Waals surface area contributed by atoms with Crippen LogP contribution >= 0.6 is 0 Å². The summed E-state index contributed by atoms with van der Waals surface area (Å²) in [5.41, 5.74) is 2.17. The molecule has 4 heteroatoms. The fourth-order valence-electron chi connectivity index (χ4n) is 2.26. The molecule has 0 aliphatic heterocycles. The molecule has 20 heavy (non-hydrogen) atoms. The molecule has 1 aliphatic rings. The molecule has 106 valence electrons. The fourth-order valence-corrected chi connectivity index (χ4v) is 2.26. The van der Waals surface area contributed by atoms with Crippen molar-refractivity contribution >= 4 is 0 Å². The summed E-state index contributed by atoms with van der Waals surface area (Å²) in [6.45, 7) is 0.765. The highest BCUT2D eigenvalue weighted by Gasteiger charge is 2.21. The Labute approximate surface area is 118 Å². The Kier molecular flexibility index (Phi) is 3.65. The number of nitrogens with one attached hydrogen (secondary N) is 1. The van der Waals surface area contributed by atoms with E-state index in [4.69, 9.17) is 13.9 Å². The normalized spacial score (nSPS) is 14.3. The second kappa shape index (κ2) is 5.59. The average molecular weight is 273 g/mol. The van der Waals surface area contributed by atoms with Gasteiger partial charge in [0, 0.05) is 11.6 Å². The van der Waals surface area contributed by atoms with Crippen molar-refractivity contribution in [1.29, 1.82) is 0 Å². The second-order valence-corrected chi connectivity index (χ2v) is 4.98. The van der Waals surface area contributed by atoms with Crippen LogP contribution in [0.5, 0.6) is 11.5 Å². The van der Waals surface area contributed by atoms with E-state index in [0.717, 1.165) is 34.9 Å². The lowest BCUT2D eigenvalue weighted by Gasteiger charge is -2.10. The number of methoxy groups -OCH3 is 2. The Morgan fingerprint density at radius 2 is 1.95 bits per heavy atom. The highest BCUT2D eigenvalue weighted by Crippen LogP contribution is 2.34. The summed E-state index contributed by atoms with van der Waals surface area (Å²) in [6, 6.07) is 8.57. The third kappa shape index (κ3) is 2.65. The summed E-state index contributed by atoms with van der Waals surface area (Å²) in [5.74, 6) is 2.42. The maximum atomic E-state index is 5.59. The molecule has 3 rings (SSSR count). The van der Waals surface area contributed by atoms with Crippen molar-refractivity contribution in [2.45, 2.75) is 25.4 Å². The van der Waals surface area contributed by atoms with E-state index in [1.807, 2.05) is 24.3 Å². The van der Waals surface area contributed by atoms with Gasteiger partial charge in [0.2, 0.25) is 0 Å². The molecule has 1 fully saturated rings. The highest BCUT2D eigenvalue weighted by atomic mass is 16.5. The first-order valence-corrected chi connectivity index (χ1v) is 6.84. The Morgan fingerprint density at radius 3 is 2.65 bits per heavy atom. The van der Waals surface area contributed by atoms with Crippen LogP contribution in [0, 0.1) is 0 Å². The largest absolute Gasteiger partial charge is 0.493 e. The van der Waals surface area contributed by atoms with E-state index in [2.05, 4.69) is 5.32 Å². The van der Waals surface area contributed by atoms with E-state index in [9.17, 15) is 0 Å². The molecule has 0 spiro atoms. The van der Waals surface area contributed by atoms with E-state index in [-0.39, 0.29) is 0 Å². The van der Waals surface area contributed by atoms with Gasteiger partial charge in [-0.15, -0.1) is 0 Å². The summed E-state index contributed by atoms with van der Waals surface area (Å²) >= 11 is 0. The minimum Gasteiger partial charge on any atom is -0.493 e. The van der Waals surface area contributed by atoms with E-state index in [1.54, 1.807) is 20.5 Å². The molecule has 1 aromatic carbocycles. The predicted octanol–water partition coefficient (Wildman–Crippen LogP) is 3.22. The first-order chi connectivity index (χ1) is 9.81. The number of hydrogen-bond donors (Lipinski definition) is 1. The Hall–Kier alpha value is -1.94. The van der Waals surface area contributed by atoms with Crippen LogP contribution in [0.1, 0.15) is 18.6 Å². The number of furan rings is 1. The minimum atomic E-state index is 0.665. The van der Waals surface area contributed by atoms with Crippen LogP contribution in [-0.2, 0) is 6.54 Å². The zero-order valence-electron chi connectivity index (χ0n) is 11.8. The van der Waals surface area contributed by atoms with E-state index in [0.29, 0.717) is 6.04 Å². The topological polar surface area (TPSA) is 43.6 Å². The molecule has 1 N–H and O–H groups in total. The van der Waals surface area contributed by atoms with Crippen LogP contribution in [0.15, 0.2) is 34.9 Å². The summed E-state index contributed by atoms with van der Waals surface area (Å²) in [6.07, 6.45) is 4.27. The zero-order chi connectivity index (χ0) is 13.9. The van der Waals surface area contributed by atoms with Gasteiger partial charge in [-0.05, 0) is 36.6 Å². The van der Waals surface area contributed by atoms with Crippen molar-refractivity contribution in [3.8, 4) is 22.6 Å². The standard InChI is InChI=1S/C16H19NO3/c1-18-14-6-3-11(9-15(14)19-2)13-7-8-20-16(13)10-17-12-4-5-12/h3,6-9,12,17H,4-5,10H2,1-2H3. The van der Waals surface area contributed by atoms with Gasteiger partial charge >= 0.3 is 0 Å². The second-order valence-electron chi connectivity index (χ2n) is 4.98. The van der Waals surface area contributed by atoms with Gasteiger partial charge in [-0.25, -0.2) is 0 Å². The van der Waals surface area contributed by atoms with Crippen molar-refractivity contribution in [1.82, 2.24) is 5.32 Å². The third-order valence-electron chi connectivity index (χ3n) is 3.57. The van der Waals surface area contributed by atoms with Crippen LogP contribution in [-0.4, -0.2) is 20.3 Å². The molecule has 0 atom stereocenters. The summed E-state index contributed by atoms with van der Waals surface area (Å²) < 4.78 is 16.2. The molecule has 0 bridgehead atoms. The number of ether oxygens (including phenoxy) is 2. The van der Waals surface area contributed by atoms with Gasteiger partial charge in [-0.1, -0.05) is 6.07 Å². The molecule has 1 aliphatic carbocycles. The highest BCUT2D eigenvalue weighted by molar-refractivity contribution is 5.68. The third-order valence-corrected chi connectivity index (χ3v) is 3.57. The molecule has 1 saturated carbocycles. The van der Waals surface area contributed by atoms with E-state index in [1.165, 1.54) is 12.8 Å². The predicted molar refractivity (Wildman–Crippen MR) is 77.1 cm³/mol.